The summed E-state index contributed by atoms with van der Waals surface area (Å²) in [5.74, 6) is 0.156. The quantitative estimate of drug-likeness (QED) is 0.489. The first-order valence-electron chi connectivity index (χ1n) is 10.1. The lowest BCUT2D eigenvalue weighted by molar-refractivity contribution is -0.114. The van der Waals surface area contributed by atoms with Crippen LogP contribution in [0.5, 0.6) is 5.75 Å². The zero-order chi connectivity index (χ0) is 23.3. The first kappa shape index (κ1) is 23.6. The number of nitrogens with one attached hydrogen (secondary N) is 1. The summed E-state index contributed by atoms with van der Waals surface area (Å²) < 4.78 is 33.4. The number of benzene rings is 3. The van der Waals surface area contributed by atoms with Crippen molar-refractivity contribution in [2.45, 2.75) is 25.7 Å². The van der Waals surface area contributed by atoms with E-state index in [1.165, 1.54) is 24.3 Å². The minimum absolute atomic E-state index is 0.0371. The predicted molar refractivity (Wildman–Crippen MR) is 128 cm³/mol. The molecule has 3 aromatic rings. The van der Waals surface area contributed by atoms with Crippen LogP contribution in [0.2, 0.25) is 5.02 Å². The lowest BCUT2D eigenvalue weighted by atomic mass is 10.1. The number of rotatable bonds is 8. The van der Waals surface area contributed by atoms with Gasteiger partial charge >= 0.3 is 0 Å². The van der Waals surface area contributed by atoms with E-state index in [0.29, 0.717) is 28.8 Å². The molecule has 32 heavy (non-hydrogen) atoms. The van der Waals surface area contributed by atoms with Crippen LogP contribution in [0.25, 0.3) is 0 Å². The van der Waals surface area contributed by atoms with Crippen molar-refractivity contribution in [2.75, 3.05) is 22.8 Å². The maximum Gasteiger partial charge on any atom is 0.264 e. The molecule has 168 valence electrons. The first-order chi connectivity index (χ1) is 15.2. The van der Waals surface area contributed by atoms with Gasteiger partial charge in [0.15, 0.2) is 0 Å². The fourth-order valence-corrected chi connectivity index (χ4v) is 4.75. The topological polar surface area (TPSA) is 75.7 Å². The number of aryl methyl sites for hydroxylation is 2. The number of nitrogens with zero attached hydrogens (tertiary/aromatic N) is 1. The van der Waals surface area contributed by atoms with Gasteiger partial charge in [-0.25, -0.2) is 8.42 Å². The van der Waals surface area contributed by atoms with Crippen LogP contribution in [0, 0.1) is 13.8 Å². The van der Waals surface area contributed by atoms with Gasteiger partial charge in [0.2, 0.25) is 5.91 Å². The summed E-state index contributed by atoms with van der Waals surface area (Å²) in [6.07, 6.45) is 0. The lowest BCUT2D eigenvalue weighted by Crippen LogP contribution is -2.38. The molecule has 0 unspecified atom stereocenters. The van der Waals surface area contributed by atoms with E-state index in [1.807, 2.05) is 32.9 Å². The van der Waals surface area contributed by atoms with Crippen molar-refractivity contribution in [2.24, 2.45) is 0 Å². The van der Waals surface area contributed by atoms with Crippen LogP contribution in [0.3, 0.4) is 0 Å². The number of hydrogen-bond acceptors (Lipinski definition) is 4. The third-order valence-electron chi connectivity index (χ3n) is 4.78. The van der Waals surface area contributed by atoms with Crippen molar-refractivity contribution in [3.8, 4) is 5.75 Å². The molecule has 0 aliphatic carbocycles. The number of halogens is 1. The molecule has 0 aliphatic heterocycles. The van der Waals surface area contributed by atoms with E-state index in [9.17, 15) is 13.2 Å². The molecule has 0 heterocycles. The number of amides is 1. The van der Waals surface area contributed by atoms with Crippen LogP contribution in [0.1, 0.15) is 18.1 Å². The van der Waals surface area contributed by atoms with Gasteiger partial charge in [-0.15, -0.1) is 0 Å². The van der Waals surface area contributed by atoms with Gasteiger partial charge in [0.25, 0.3) is 10.0 Å². The third kappa shape index (κ3) is 5.60. The van der Waals surface area contributed by atoms with Gasteiger partial charge < -0.3 is 10.1 Å². The van der Waals surface area contributed by atoms with Crippen LogP contribution in [0.4, 0.5) is 11.4 Å². The number of hydrogen-bond donors (Lipinski definition) is 1. The molecule has 3 aromatic carbocycles. The maximum absolute atomic E-state index is 13.4. The van der Waals surface area contributed by atoms with Crippen LogP contribution in [-0.2, 0) is 14.8 Å². The largest absolute Gasteiger partial charge is 0.494 e. The van der Waals surface area contributed by atoms with Crippen molar-refractivity contribution >= 4 is 38.9 Å². The fraction of sp³-hybridized carbons (Fsp3) is 0.208. The first-order valence-corrected chi connectivity index (χ1v) is 11.9. The SMILES string of the molecule is CCOc1ccc(N(CC(=O)Nc2ccc(C)cc2C)S(=O)(=O)c2ccc(Cl)cc2)cc1. The lowest BCUT2D eigenvalue weighted by Gasteiger charge is -2.24. The van der Waals surface area contributed by atoms with Crippen LogP contribution < -0.4 is 14.4 Å². The summed E-state index contributed by atoms with van der Waals surface area (Å²) in [7, 11) is -4.03. The zero-order valence-corrected chi connectivity index (χ0v) is 19.7. The number of carbonyl (C=O) groups excluding carboxylic acids is 1. The number of anilines is 2. The molecule has 0 bridgehead atoms. The van der Waals surface area contributed by atoms with Crippen molar-refractivity contribution in [1.29, 1.82) is 0 Å². The van der Waals surface area contributed by atoms with Crippen LogP contribution in [0.15, 0.2) is 71.6 Å². The second-order valence-corrected chi connectivity index (χ2v) is 9.56. The Hall–Kier alpha value is -3.03. The molecule has 1 amide bonds. The average molecular weight is 473 g/mol. The minimum atomic E-state index is -4.03. The molecule has 0 aliphatic rings. The van der Waals surface area contributed by atoms with E-state index < -0.39 is 22.5 Å². The second kappa shape index (κ2) is 10.1. The van der Waals surface area contributed by atoms with Gasteiger partial charge in [0, 0.05) is 10.7 Å². The monoisotopic (exact) mass is 472 g/mol. The van der Waals surface area contributed by atoms with Gasteiger partial charge in [0.05, 0.1) is 17.2 Å². The number of carbonyl (C=O) groups is 1. The Balaban J connectivity index is 1.94. The van der Waals surface area contributed by atoms with Crippen molar-refractivity contribution in [3.63, 3.8) is 0 Å². The fourth-order valence-electron chi connectivity index (χ4n) is 3.20. The molecule has 8 heteroatoms. The molecule has 0 saturated heterocycles. The average Bonchev–Trinajstić information content (AvgIpc) is 2.75. The van der Waals surface area contributed by atoms with Crippen molar-refractivity contribution in [1.82, 2.24) is 0 Å². The summed E-state index contributed by atoms with van der Waals surface area (Å²) >= 11 is 5.92. The highest BCUT2D eigenvalue weighted by Gasteiger charge is 2.27. The van der Waals surface area contributed by atoms with Gasteiger partial charge in [-0.05, 0) is 80.9 Å². The van der Waals surface area contributed by atoms with Crippen molar-refractivity contribution < 1.29 is 17.9 Å². The van der Waals surface area contributed by atoms with E-state index in [2.05, 4.69) is 5.32 Å². The van der Waals surface area contributed by atoms with Crippen LogP contribution in [-0.4, -0.2) is 27.5 Å². The Morgan fingerprint density at radius 1 is 1.00 bits per heavy atom. The highest BCUT2D eigenvalue weighted by atomic mass is 35.5. The highest BCUT2D eigenvalue weighted by Crippen LogP contribution is 2.27. The normalized spacial score (nSPS) is 11.1. The molecule has 0 spiro atoms. The zero-order valence-electron chi connectivity index (χ0n) is 18.1. The molecule has 3 rings (SSSR count). The van der Waals surface area contributed by atoms with Gasteiger partial charge in [0.1, 0.15) is 12.3 Å². The van der Waals surface area contributed by atoms with Gasteiger partial charge in [-0.3, -0.25) is 9.10 Å². The number of ether oxygens (including phenoxy) is 1. The van der Waals surface area contributed by atoms with Gasteiger partial charge in [-0.2, -0.15) is 0 Å². The Morgan fingerprint density at radius 2 is 1.66 bits per heavy atom. The van der Waals surface area contributed by atoms with E-state index >= 15 is 0 Å². The van der Waals surface area contributed by atoms with E-state index in [0.717, 1.165) is 15.4 Å². The molecule has 1 N–H and O–H groups in total. The molecule has 6 nitrogen and oxygen atoms in total. The third-order valence-corrected chi connectivity index (χ3v) is 6.82. The molecular formula is C24H25ClN2O4S. The van der Waals surface area contributed by atoms with E-state index in [-0.39, 0.29) is 4.90 Å². The second-order valence-electron chi connectivity index (χ2n) is 7.26. The van der Waals surface area contributed by atoms with E-state index in [4.69, 9.17) is 16.3 Å². The van der Waals surface area contributed by atoms with Gasteiger partial charge in [-0.1, -0.05) is 29.3 Å². The predicted octanol–water partition coefficient (Wildman–Crippen LogP) is 5.19. The number of sulfonamides is 1. The summed E-state index contributed by atoms with van der Waals surface area (Å²) in [6.45, 7) is 5.81. The maximum atomic E-state index is 13.4. The van der Waals surface area contributed by atoms with E-state index in [1.54, 1.807) is 30.3 Å². The summed E-state index contributed by atoms with van der Waals surface area (Å²) in [5, 5.41) is 3.23. The highest BCUT2D eigenvalue weighted by molar-refractivity contribution is 7.92. The minimum Gasteiger partial charge on any atom is -0.494 e. The Morgan fingerprint density at radius 3 is 2.25 bits per heavy atom. The summed E-state index contributed by atoms with van der Waals surface area (Å²) in [6, 6.07) is 18.0. The molecule has 0 atom stereocenters. The Bertz CT molecular complexity index is 1190. The van der Waals surface area contributed by atoms with Crippen molar-refractivity contribution in [3.05, 3.63) is 82.9 Å². The van der Waals surface area contributed by atoms with Crippen LogP contribution >= 0.6 is 11.6 Å². The standard InChI is InChI=1S/C24H25ClN2O4S/c1-4-31-21-10-8-20(9-11-21)27(32(29,30)22-12-6-19(25)7-13-22)16-24(28)26-23-14-5-17(2)15-18(23)3/h5-15H,4,16H2,1-3H3,(H,26,28). The molecule has 0 radical (unpaired) electrons. The Labute approximate surface area is 193 Å². The summed E-state index contributed by atoms with van der Waals surface area (Å²) in [5.41, 5.74) is 2.95. The molecule has 0 saturated carbocycles. The molecule has 0 aromatic heterocycles. The smallest absolute Gasteiger partial charge is 0.264 e. The molecule has 0 fully saturated rings. The Kier molecular flexibility index (Phi) is 7.43. The molecular weight excluding hydrogens is 448 g/mol. The summed E-state index contributed by atoms with van der Waals surface area (Å²) in [4.78, 5) is 12.9.